The van der Waals surface area contributed by atoms with E-state index in [0.717, 1.165) is 18.6 Å². The number of aliphatic hydroxyl groups excluding tert-OH is 1. The number of ether oxygens (including phenoxy) is 1. The molecule has 0 amide bonds. The Morgan fingerprint density at radius 3 is 2.40 bits per heavy atom. The highest BCUT2D eigenvalue weighted by atomic mass is 35.5. The molecule has 3 N–H and O–H groups in total. The number of hydrogen-bond acceptors (Lipinski definition) is 3. The van der Waals surface area contributed by atoms with Crippen LogP contribution in [0.1, 0.15) is 12.8 Å². The number of benzene rings is 1. The predicted molar refractivity (Wildman–Crippen MR) is 61.3 cm³/mol. The normalized spacial score (nSPS) is 29.6. The van der Waals surface area contributed by atoms with Crippen molar-refractivity contribution >= 4 is 12.4 Å². The maximum absolute atomic E-state index is 9.67. The number of halogens is 1. The quantitative estimate of drug-likeness (QED) is 0.805. The van der Waals surface area contributed by atoms with Crippen molar-refractivity contribution in [3.8, 4) is 5.75 Å². The molecule has 1 fully saturated rings. The molecule has 1 saturated carbocycles. The minimum Gasteiger partial charge on any atom is -0.488 e. The lowest BCUT2D eigenvalue weighted by molar-refractivity contribution is 0.0521. The summed E-state index contributed by atoms with van der Waals surface area (Å²) in [6.45, 7) is 0. The van der Waals surface area contributed by atoms with Crippen LogP contribution < -0.4 is 10.5 Å². The molecule has 1 aromatic carbocycles. The van der Waals surface area contributed by atoms with E-state index in [9.17, 15) is 5.11 Å². The molecule has 4 heteroatoms. The van der Waals surface area contributed by atoms with Gasteiger partial charge in [-0.15, -0.1) is 12.4 Å². The first-order valence-electron chi connectivity index (χ1n) is 4.93. The van der Waals surface area contributed by atoms with Crippen molar-refractivity contribution in [3.63, 3.8) is 0 Å². The van der Waals surface area contributed by atoms with Gasteiger partial charge in [-0.05, 0) is 25.0 Å². The maximum Gasteiger partial charge on any atom is 0.126 e. The molecule has 0 unspecified atom stereocenters. The number of nitrogens with two attached hydrogens (primary N) is 1. The van der Waals surface area contributed by atoms with Crippen molar-refractivity contribution in [1.82, 2.24) is 0 Å². The molecule has 0 spiro atoms. The van der Waals surface area contributed by atoms with Crippen molar-refractivity contribution < 1.29 is 9.84 Å². The first-order chi connectivity index (χ1) is 6.77. The Morgan fingerprint density at radius 1 is 1.20 bits per heavy atom. The molecule has 84 valence electrons. The molecule has 1 aromatic rings. The third-order valence-electron chi connectivity index (χ3n) is 2.63. The van der Waals surface area contributed by atoms with Crippen LogP contribution in [0.5, 0.6) is 5.75 Å². The van der Waals surface area contributed by atoms with E-state index in [0.29, 0.717) is 0 Å². The third kappa shape index (κ3) is 2.84. The lowest BCUT2D eigenvalue weighted by Gasteiger charge is -2.18. The molecular weight excluding hydrogens is 214 g/mol. The Morgan fingerprint density at radius 2 is 1.87 bits per heavy atom. The van der Waals surface area contributed by atoms with Crippen molar-refractivity contribution in [2.45, 2.75) is 31.1 Å². The summed E-state index contributed by atoms with van der Waals surface area (Å²) in [4.78, 5) is 0. The summed E-state index contributed by atoms with van der Waals surface area (Å²) in [5.41, 5.74) is 5.69. The monoisotopic (exact) mass is 229 g/mol. The van der Waals surface area contributed by atoms with Gasteiger partial charge in [0.25, 0.3) is 0 Å². The van der Waals surface area contributed by atoms with E-state index in [1.54, 1.807) is 0 Å². The minimum absolute atomic E-state index is 0. The number of hydrogen-bond donors (Lipinski definition) is 2. The largest absolute Gasteiger partial charge is 0.488 e. The van der Waals surface area contributed by atoms with Crippen LogP contribution in [-0.2, 0) is 0 Å². The molecule has 0 bridgehead atoms. The summed E-state index contributed by atoms with van der Waals surface area (Å²) in [6.07, 6.45) is 0.984. The second-order valence-electron chi connectivity index (χ2n) is 3.70. The summed E-state index contributed by atoms with van der Waals surface area (Å²) in [5, 5.41) is 9.67. The molecule has 0 heterocycles. The first-order valence-corrected chi connectivity index (χ1v) is 4.93. The van der Waals surface area contributed by atoms with Gasteiger partial charge < -0.3 is 15.6 Å². The van der Waals surface area contributed by atoms with Gasteiger partial charge in [-0.2, -0.15) is 0 Å². The number of aliphatic hydroxyl groups is 1. The summed E-state index contributed by atoms with van der Waals surface area (Å²) >= 11 is 0. The minimum atomic E-state index is -0.532. The van der Waals surface area contributed by atoms with Crippen LogP contribution in [0.15, 0.2) is 30.3 Å². The van der Waals surface area contributed by atoms with Crippen LogP contribution >= 0.6 is 12.4 Å². The van der Waals surface area contributed by atoms with Crippen LogP contribution in [-0.4, -0.2) is 23.4 Å². The molecule has 0 aliphatic heterocycles. The van der Waals surface area contributed by atoms with E-state index < -0.39 is 6.10 Å². The third-order valence-corrected chi connectivity index (χ3v) is 2.63. The Balaban J connectivity index is 0.00000112. The number of rotatable bonds is 2. The Bertz CT molecular complexity index is 294. The van der Waals surface area contributed by atoms with Gasteiger partial charge in [0.1, 0.15) is 18.0 Å². The van der Waals surface area contributed by atoms with Crippen molar-refractivity contribution in [3.05, 3.63) is 30.3 Å². The molecule has 1 aliphatic rings. The van der Waals surface area contributed by atoms with Gasteiger partial charge in [-0.25, -0.2) is 0 Å². The van der Waals surface area contributed by atoms with Gasteiger partial charge in [0, 0.05) is 6.04 Å². The summed E-state index contributed by atoms with van der Waals surface area (Å²) in [7, 11) is 0. The molecule has 3 atom stereocenters. The van der Waals surface area contributed by atoms with Gasteiger partial charge >= 0.3 is 0 Å². The lowest BCUT2D eigenvalue weighted by atomic mass is 10.2. The smallest absolute Gasteiger partial charge is 0.126 e. The molecule has 2 rings (SSSR count). The lowest BCUT2D eigenvalue weighted by Crippen LogP contribution is -2.37. The highest BCUT2D eigenvalue weighted by Crippen LogP contribution is 2.23. The molecule has 15 heavy (non-hydrogen) atoms. The molecule has 3 nitrogen and oxygen atoms in total. The van der Waals surface area contributed by atoms with Crippen LogP contribution in [0, 0.1) is 0 Å². The molecular formula is C11H16ClNO2. The van der Waals surface area contributed by atoms with Crippen LogP contribution in [0.3, 0.4) is 0 Å². The summed E-state index contributed by atoms with van der Waals surface area (Å²) < 4.78 is 5.63. The SMILES string of the molecule is Cl.N[C@@H]1CC[C@@H](Oc2ccccc2)[C@@H]1O. The Labute approximate surface area is 95.7 Å². The maximum atomic E-state index is 9.67. The zero-order valence-electron chi connectivity index (χ0n) is 8.37. The van der Waals surface area contributed by atoms with Crippen LogP contribution in [0.25, 0.3) is 0 Å². The highest BCUT2D eigenvalue weighted by molar-refractivity contribution is 5.85. The molecule has 0 aromatic heterocycles. The van der Waals surface area contributed by atoms with E-state index in [-0.39, 0.29) is 24.6 Å². The Hall–Kier alpha value is -0.770. The van der Waals surface area contributed by atoms with Crippen LogP contribution in [0.4, 0.5) is 0 Å². The van der Waals surface area contributed by atoms with E-state index in [2.05, 4.69) is 0 Å². The van der Waals surface area contributed by atoms with Crippen LogP contribution in [0.2, 0.25) is 0 Å². The van der Waals surface area contributed by atoms with Crippen molar-refractivity contribution in [1.29, 1.82) is 0 Å². The zero-order valence-corrected chi connectivity index (χ0v) is 9.19. The Kier molecular flexibility index (Phi) is 4.39. The molecule has 1 aliphatic carbocycles. The molecule has 0 saturated heterocycles. The van der Waals surface area contributed by atoms with E-state index >= 15 is 0 Å². The van der Waals surface area contributed by atoms with Gasteiger partial charge in [-0.3, -0.25) is 0 Å². The first kappa shape index (κ1) is 12.3. The summed E-state index contributed by atoms with van der Waals surface area (Å²) in [5.74, 6) is 0.797. The van der Waals surface area contributed by atoms with E-state index in [4.69, 9.17) is 10.5 Å². The van der Waals surface area contributed by atoms with Gasteiger partial charge in [-0.1, -0.05) is 18.2 Å². The van der Waals surface area contributed by atoms with Crippen molar-refractivity contribution in [2.75, 3.05) is 0 Å². The standard InChI is InChI=1S/C11H15NO2.ClH/c12-9-6-7-10(11(9)13)14-8-4-2-1-3-5-8;/h1-5,9-11,13H,6-7,12H2;1H/t9-,10-,11-;/m1./s1. The average molecular weight is 230 g/mol. The molecule has 0 radical (unpaired) electrons. The zero-order chi connectivity index (χ0) is 9.97. The van der Waals surface area contributed by atoms with Gasteiger partial charge in [0.05, 0.1) is 0 Å². The fourth-order valence-electron chi connectivity index (χ4n) is 1.78. The predicted octanol–water partition coefficient (Wildman–Crippen LogP) is 1.34. The fraction of sp³-hybridized carbons (Fsp3) is 0.455. The van der Waals surface area contributed by atoms with Crippen molar-refractivity contribution in [2.24, 2.45) is 5.73 Å². The van der Waals surface area contributed by atoms with E-state index in [1.807, 2.05) is 30.3 Å². The topological polar surface area (TPSA) is 55.5 Å². The second-order valence-corrected chi connectivity index (χ2v) is 3.70. The second kappa shape index (κ2) is 5.35. The summed E-state index contributed by atoms with van der Waals surface area (Å²) in [6, 6.07) is 9.40. The van der Waals surface area contributed by atoms with Gasteiger partial charge in [0.15, 0.2) is 0 Å². The average Bonchev–Trinajstić information content (AvgIpc) is 2.52. The number of para-hydroxylation sites is 1. The van der Waals surface area contributed by atoms with Gasteiger partial charge in [0.2, 0.25) is 0 Å². The highest BCUT2D eigenvalue weighted by Gasteiger charge is 2.33. The van der Waals surface area contributed by atoms with E-state index in [1.165, 1.54) is 0 Å². The fourth-order valence-corrected chi connectivity index (χ4v) is 1.78.